The summed E-state index contributed by atoms with van der Waals surface area (Å²) in [5.41, 5.74) is 3.06. The first-order valence-electron chi connectivity index (χ1n) is 12.4. The zero-order valence-corrected chi connectivity index (χ0v) is 22.7. The average Bonchev–Trinajstić information content (AvgIpc) is 3.52. The van der Waals surface area contributed by atoms with Crippen LogP contribution in [-0.4, -0.2) is 48.7 Å². The minimum atomic E-state index is -0.627. The lowest BCUT2D eigenvalue weighted by Gasteiger charge is -2.11. The minimum Gasteiger partial charge on any atom is -0.453 e. The molecular formula is C28H26BFN6O3S. The summed E-state index contributed by atoms with van der Waals surface area (Å²) >= 11 is 1.47. The highest BCUT2D eigenvalue weighted by Gasteiger charge is 2.16. The van der Waals surface area contributed by atoms with Gasteiger partial charge >= 0.3 is 6.03 Å². The first-order chi connectivity index (χ1) is 19.4. The Labute approximate surface area is 235 Å². The Hall–Kier alpha value is -4.26. The molecule has 5 rings (SSSR count). The van der Waals surface area contributed by atoms with Gasteiger partial charge in [0.15, 0.2) is 11.6 Å². The number of amides is 2. The van der Waals surface area contributed by atoms with Crippen molar-refractivity contribution in [1.29, 1.82) is 0 Å². The van der Waals surface area contributed by atoms with Crippen LogP contribution in [0.1, 0.15) is 5.69 Å². The summed E-state index contributed by atoms with van der Waals surface area (Å²) < 4.78 is 28.8. The number of hydrogen-bond acceptors (Lipinski definition) is 7. The van der Waals surface area contributed by atoms with Crippen molar-refractivity contribution in [3.05, 3.63) is 78.5 Å². The van der Waals surface area contributed by atoms with Crippen LogP contribution in [0.2, 0.25) is 0 Å². The number of carbonyl (C=O) groups excluding carboxylic acids is 1. The first kappa shape index (κ1) is 27.3. The zero-order valence-electron chi connectivity index (χ0n) is 21.9. The van der Waals surface area contributed by atoms with Gasteiger partial charge in [0, 0.05) is 57.0 Å². The molecule has 5 aromatic rings. The monoisotopic (exact) mass is 556 g/mol. The maximum atomic E-state index is 15.0. The summed E-state index contributed by atoms with van der Waals surface area (Å²) in [5, 5.41) is 8.58. The van der Waals surface area contributed by atoms with Gasteiger partial charge < -0.3 is 30.0 Å². The topological polar surface area (TPSA) is 102 Å². The third-order valence-corrected chi connectivity index (χ3v) is 7.16. The van der Waals surface area contributed by atoms with Gasteiger partial charge in [-0.1, -0.05) is 17.6 Å². The highest BCUT2D eigenvalue weighted by molar-refractivity contribution is 7.22. The lowest BCUT2D eigenvalue weighted by Crippen LogP contribution is -2.20. The van der Waals surface area contributed by atoms with E-state index in [0.29, 0.717) is 30.1 Å². The highest BCUT2D eigenvalue weighted by Crippen LogP contribution is 2.39. The van der Waals surface area contributed by atoms with Gasteiger partial charge in [0.2, 0.25) is 0 Å². The number of carbonyl (C=O) groups is 1. The van der Waals surface area contributed by atoms with Crippen molar-refractivity contribution in [1.82, 2.24) is 19.9 Å². The first-order valence-corrected chi connectivity index (χ1v) is 13.2. The lowest BCUT2D eigenvalue weighted by atomic mass is 9.96. The summed E-state index contributed by atoms with van der Waals surface area (Å²) in [6.45, 7) is 2.04. The van der Waals surface area contributed by atoms with Crippen LogP contribution in [0.3, 0.4) is 0 Å². The zero-order chi connectivity index (χ0) is 28.1. The average molecular weight is 556 g/mol. The molecule has 2 amide bonds. The third-order valence-electron chi connectivity index (χ3n) is 6.02. The number of nitrogens with zero attached hydrogens (tertiary/aromatic N) is 3. The molecule has 3 aromatic heterocycles. The van der Waals surface area contributed by atoms with E-state index in [1.54, 1.807) is 49.7 Å². The van der Waals surface area contributed by atoms with E-state index in [4.69, 9.17) is 17.3 Å². The van der Waals surface area contributed by atoms with E-state index in [-0.39, 0.29) is 11.4 Å². The van der Waals surface area contributed by atoms with E-state index in [0.717, 1.165) is 33.2 Å². The van der Waals surface area contributed by atoms with E-state index in [2.05, 4.69) is 25.9 Å². The Morgan fingerprint density at radius 3 is 2.67 bits per heavy atom. The van der Waals surface area contributed by atoms with Crippen molar-refractivity contribution >= 4 is 52.3 Å². The second kappa shape index (κ2) is 12.3. The number of thiophene rings is 1. The number of ether oxygens (including phenoxy) is 2. The van der Waals surface area contributed by atoms with Gasteiger partial charge in [-0.25, -0.2) is 14.2 Å². The van der Waals surface area contributed by atoms with Crippen LogP contribution < -0.4 is 26.2 Å². The number of nitrogens with one attached hydrogen (secondary N) is 3. The van der Waals surface area contributed by atoms with Gasteiger partial charge in [0.1, 0.15) is 19.4 Å². The number of rotatable bonds is 10. The maximum Gasteiger partial charge on any atom is 0.323 e. The molecule has 40 heavy (non-hydrogen) atoms. The molecule has 0 atom stereocenters. The quantitative estimate of drug-likeness (QED) is 0.169. The van der Waals surface area contributed by atoms with Crippen LogP contribution in [0.4, 0.5) is 20.6 Å². The highest BCUT2D eigenvalue weighted by atomic mass is 32.1. The van der Waals surface area contributed by atoms with Crippen molar-refractivity contribution in [2.24, 2.45) is 7.05 Å². The van der Waals surface area contributed by atoms with Gasteiger partial charge in [-0.2, -0.15) is 0 Å². The number of halogens is 1. The van der Waals surface area contributed by atoms with Crippen LogP contribution in [-0.2, 0) is 18.3 Å². The van der Waals surface area contributed by atoms with E-state index < -0.39 is 11.8 Å². The molecule has 0 fully saturated rings. The van der Waals surface area contributed by atoms with Crippen molar-refractivity contribution in [2.45, 2.75) is 6.54 Å². The number of aromatic nitrogens is 3. The molecule has 0 saturated carbocycles. The molecule has 202 valence electrons. The molecule has 9 nitrogen and oxygen atoms in total. The van der Waals surface area contributed by atoms with E-state index in [1.807, 2.05) is 23.9 Å². The maximum absolute atomic E-state index is 15.0. The fourth-order valence-corrected chi connectivity index (χ4v) is 5.12. The molecule has 2 aromatic carbocycles. The van der Waals surface area contributed by atoms with E-state index >= 15 is 0 Å². The minimum absolute atomic E-state index is 0.0191. The predicted molar refractivity (Wildman–Crippen MR) is 156 cm³/mol. The van der Waals surface area contributed by atoms with Gasteiger partial charge in [-0.3, -0.25) is 4.98 Å². The van der Waals surface area contributed by atoms with Crippen LogP contribution in [0.15, 0.2) is 67.0 Å². The summed E-state index contributed by atoms with van der Waals surface area (Å²) in [6.07, 6.45) is 3.46. The number of pyridine rings is 1. The number of imidazole rings is 1. The third kappa shape index (κ3) is 6.31. The fourth-order valence-electron chi connectivity index (χ4n) is 4.02. The number of benzene rings is 2. The van der Waals surface area contributed by atoms with Gasteiger partial charge in [0.05, 0.1) is 33.6 Å². The van der Waals surface area contributed by atoms with Crippen LogP contribution in [0, 0.1) is 5.82 Å². The Morgan fingerprint density at radius 2 is 1.90 bits per heavy atom. The normalized spacial score (nSPS) is 11.1. The summed E-state index contributed by atoms with van der Waals surface area (Å²) in [5.74, 6) is 0.662. The fraction of sp³-hybridized carbons (Fsp3) is 0.179. The van der Waals surface area contributed by atoms with Crippen LogP contribution in [0.25, 0.3) is 20.9 Å². The SMILES string of the molecule is [B]c1cccc(NC(=O)Nc2ccc(Oc3ccnc4cc(-c5ncc(CNCCOC)n5C)sc34)c(F)c2)c1. The lowest BCUT2D eigenvalue weighted by molar-refractivity contribution is 0.199. The van der Waals surface area contributed by atoms with Crippen molar-refractivity contribution in [3.63, 3.8) is 0 Å². The summed E-state index contributed by atoms with van der Waals surface area (Å²) in [6, 6.07) is 14.1. The summed E-state index contributed by atoms with van der Waals surface area (Å²) in [7, 11) is 9.37. The Bertz CT molecular complexity index is 1660. The second-order valence-corrected chi connectivity index (χ2v) is 9.94. The molecule has 0 spiro atoms. The smallest absolute Gasteiger partial charge is 0.323 e. The number of methoxy groups -OCH3 is 1. The van der Waals surface area contributed by atoms with Crippen LogP contribution in [0.5, 0.6) is 11.5 Å². The Balaban J connectivity index is 1.30. The van der Waals surface area contributed by atoms with E-state index in [9.17, 15) is 9.18 Å². The van der Waals surface area contributed by atoms with Crippen molar-refractivity contribution in [2.75, 3.05) is 30.9 Å². The summed E-state index contributed by atoms with van der Waals surface area (Å²) in [4.78, 5) is 22.3. The molecule has 0 aliphatic carbocycles. The molecule has 3 heterocycles. The molecule has 2 radical (unpaired) electrons. The Kier molecular flexibility index (Phi) is 8.39. The number of urea groups is 1. The molecule has 0 bridgehead atoms. The number of hydrogen-bond donors (Lipinski definition) is 3. The van der Waals surface area contributed by atoms with Gasteiger partial charge in [0.25, 0.3) is 0 Å². The Morgan fingerprint density at radius 1 is 1.07 bits per heavy atom. The second-order valence-electron chi connectivity index (χ2n) is 8.89. The van der Waals surface area contributed by atoms with Crippen molar-refractivity contribution in [3.8, 4) is 22.2 Å². The molecule has 0 saturated heterocycles. The van der Waals surface area contributed by atoms with Gasteiger partial charge in [-0.05, 0) is 30.3 Å². The largest absolute Gasteiger partial charge is 0.453 e. The molecular weight excluding hydrogens is 530 g/mol. The van der Waals surface area contributed by atoms with E-state index in [1.165, 1.54) is 23.5 Å². The molecule has 3 N–H and O–H groups in total. The number of fused-ring (bicyclic) bond motifs is 1. The molecule has 12 heteroatoms. The molecule has 0 aliphatic rings. The standard InChI is InChI=1S/C28H26BFN6O3S/c1-36-20(15-31-10-11-38-2)16-33-27(36)25-14-22-26(40-25)24(8-9-32-22)39-23-7-6-19(13-21(23)30)35-28(37)34-18-5-3-4-17(29)12-18/h3-9,12-14,16,31H,10-11,15H2,1-2H3,(H2,34,35,37). The predicted octanol–water partition coefficient (Wildman–Crippen LogP) is 4.80. The molecule has 0 unspecified atom stereocenters. The van der Waals surface area contributed by atoms with Crippen molar-refractivity contribution < 1.29 is 18.7 Å². The van der Waals surface area contributed by atoms with Gasteiger partial charge in [-0.15, -0.1) is 11.3 Å². The molecule has 0 aliphatic heterocycles. The van der Waals surface area contributed by atoms with Crippen LogP contribution >= 0.6 is 11.3 Å². The number of anilines is 2.